The van der Waals surface area contributed by atoms with E-state index in [2.05, 4.69) is 20.7 Å². The molecule has 96 valence electrons. The number of thiophene rings is 1. The second-order valence-electron chi connectivity index (χ2n) is 3.94. The first-order valence-electron chi connectivity index (χ1n) is 5.38. The van der Waals surface area contributed by atoms with Crippen molar-refractivity contribution in [2.24, 2.45) is 0 Å². The van der Waals surface area contributed by atoms with Crippen LogP contribution in [-0.2, 0) is 21.3 Å². The van der Waals surface area contributed by atoms with Gasteiger partial charge in [-0.1, -0.05) is 0 Å². The highest BCUT2D eigenvalue weighted by Gasteiger charge is 2.22. The Bertz CT molecular complexity index is 466. The summed E-state index contributed by atoms with van der Waals surface area (Å²) in [6.07, 6.45) is 1.66. The third-order valence-corrected chi connectivity index (χ3v) is 5.54. The quantitative estimate of drug-likeness (QED) is 0.893. The lowest BCUT2D eigenvalue weighted by Crippen LogP contribution is -2.31. The van der Waals surface area contributed by atoms with E-state index in [0.717, 1.165) is 21.5 Å². The van der Waals surface area contributed by atoms with Crippen LogP contribution in [0.1, 0.15) is 17.7 Å². The highest BCUT2D eigenvalue weighted by Crippen LogP contribution is 2.22. The molecule has 1 fully saturated rings. The fourth-order valence-corrected chi connectivity index (χ4v) is 4.47. The van der Waals surface area contributed by atoms with Gasteiger partial charge >= 0.3 is 0 Å². The molecule has 2 heterocycles. The minimum absolute atomic E-state index is 0.0690. The Morgan fingerprint density at radius 2 is 2.35 bits per heavy atom. The van der Waals surface area contributed by atoms with Crippen molar-refractivity contribution in [2.45, 2.75) is 25.5 Å². The Morgan fingerprint density at radius 3 is 2.94 bits per heavy atom. The Morgan fingerprint density at radius 1 is 1.53 bits per heavy atom. The van der Waals surface area contributed by atoms with Gasteiger partial charge in [-0.25, -0.2) is 13.1 Å². The standard InChI is InChI=1S/C10H14BrNO3S2/c11-10-4-3-9(16-10)6-12-17(13,14)7-8-2-1-5-15-8/h3-4,8,12H,1-2,5-7H2. The molecule has 1 saturated heterocycles. The van der Waals surface area contributed by atoms with Gasteiger partial charge in [0.15, 0.2) is 0 Å². The zero-order valence-electron chi connectivity index (χ0n) is 9.19. The van der Waals surface area contributed by atoms with Gasteiger partial charge in [0, 0.05) is 18.0 Å². The molecule has 1 aromatic rings. The van der Waals surface area contributed by atoms with Crippen LogP contribution in [-0.4, -0.2) is 26.9 Å². The van der Waals surface area contributed by atoms with Gasteiger partial charge in [-0.2, -0.15) is 0 Å². The molecule has 0 spiro atoms. The van der Waals surface area contributed by atoms with Crippen LogP contribution in [0, 0.1) is 0 Å². The van der Waals surface area contributed by atoms with Crippen LogP contribution in [0.15, 0.2) is 15.9 Å². The van der Waals surface area contributed by atoms with Crippen molar-refractivity contribution in [1.82, 2.24) is 4.72 Å². The van der Waals surface area contributed by atoms with Crippen molar-refractivity contribution in [3.05, 3.63) is 20.8 Å². The second kappa shape index (κ2) is 5.79. The molecule has 0 aromatic carbocycles. The maximum absolute atomic E-state index is 11.8. The van der Waals surface area contributed by atoms with E-state index < -0.39 is 10.0 Å². The maximum atomic E-state index is 11.8. The topological polar surface area (TPSA) is 55.4 Å². The first-order chi connectivity index (χ1) is 8.05. The minimum Gasteiger partial charge on any atom is -0.377 e. The van der Waals surface area contributed by atoms with Crippen molar-refractivity contribution in [3.8, 4) is 0 Å². The van der Waals surface area contributed by atoms with Crippen molar-refractivity contribution >= 4 is 37.3 Å². The molecule has 1 atom stereocenters. The molecular formula is C10H14BrNO3S2. The SMILES string of the molecule is O=S(=O)(CC1CCCO1)NCc1ccc(Br)s1. The molecule has 7 heteroatoms. The first kappa shape index (κ1) is 13.5. The third-order valence-electron chi connectivity index (χ3n) is 2.52. The van der Waals surface area contributed by atoms with Crippen LogP contribution in [0.5, 0.6) is 0 Å². The lowest BCUT2D eigenvalue weighted by molar-refractivity contribution is 0.127. The number of halogens is 1. The van der Waals surface area contributed by atoms with E-state index in [1.54, 1.807) is 0 Å². The molecule has 1 N–H and O–H groups in total. The van der Waals surface area contributed by atoms with E-state index in [4.69, 9.17) is 4.74 Å². The molecule has 1 unspecified atom stereocenters. The molecule has 1 aliphatic rings. The van der Waals surface area contributed by atoms with Crippen LogP contribution in [0.4, 0.5) is 0 Å². The van der Waals surface area contributed by atoms with E-state index in [9.17, 15) is 8.42 Å². The molecule has 0 radical (unpaired) electrons. The van der Waals surface area contributed by atoms with E-state index >= 15 is 0 Å². The first-order valence-corrected chi connectivity index (χ1v) is 8.64. The van der Waals surface area contributed by atoms with Crippen LogP contribution < -0.4 is 4.72 Å². The smallest absolute Gasteiger partial charge is 0.214 e. The number of ether oxygens (including phenoxy) is 1. The molecule has 0 aliphatic carbocycles. The molecule has 0 amide bonds. The van der Waals surface area contributed by atoms with E-state index in [1.807, 2.05) is 12.1 Å². The summed E-state index contributed by atoms with van der Waals surface area (Å²) in [6, 6.07) is 3.82. The summed E-state index contributed by atoms with van der Waals surface area (Å²) in [5.74, 6) is 0.0690. The molecular weight excluding hydrogens is 326 g/mol. The largest absolute Gasteiger partial charge is 0.377 e. The Hall–Kier alpha value is 0.0500. The fraction of sp³-hybridized carbons (Fsp3) is 0.600. The normalized spacial score (nSPS) is 20.9. The third kappa shape index (κ3) is 4.33. The zero-order chi connectivity index (χ0) is 12.3. The average molecular weight is 340 g/mol. The summed E-state index contributed by atoms with van der Waals surface area (Å²) < 4.78 is 32.5. The van der Waals surface area contributed by atoms with Crippen LogP contribution in [0.3, 0.4) is 0 Å². The van der Waals surface area contributed by atoms with Gasteiger partial charge < -0.3 is 4.74 Å². The Balaban J connectivity index is 1.84. The minimum atomic E-state index is -3.24. The number of nitrogens with one attached hydrogen (secondary N) is 1. The van der Waals surface area contributed by atoms with E-state index in [0.29, 0.717) is 13.2 Å². The molecule has 2 rings (SSSR count). The summed E-state index contributed by atoms with van der Waals surface area (Å²) >= 11 is 4.87. The predicted molar refractivity (Wildman–Crippen MR) is 71.6 cm³/mol. The maximum Gasteiger partial charge on any atom is 0.214 e. The summed E-state index contributed by atoms with van der Waals surface area (Å²) in [5.41, 5.74) is 0. The van der Waals surface area contributed by atoms with E-state index in [1.165, 1.54) is 11.3 Å². The summed E-state index contributed by atoms with van der Waals surface area (Å²) in [6.45, 7) is 1.03. The van der Waals surface area contributed by atoms with Crippen LogP contribution in [0.2, 0.25) is 0 Å². The molecule has 0 saturated carbocycles. The van der Waals surface area contributed by atoms with Gasteiger partial charge in [0.25, 0.3) is 0 Å². The second-order valence-corrected chi connectivity index (χ2v) is 8.34. The monoisotopic (exact) mass is 339 g/mol. The van der Waals surface area contributed by atoms with Crippen molar-refractivity contribution in [2.75, 3.05) is 12.4 Å². The number of hydrogen-bond acceptors (Lipinski definition) is 4. The molecule has 1 aliphatic heterocycles. The highest BCUT2D eigenvalue weighted by molar-refractivity contribution is 9.11. The molecule has 1 aromatic heterocycles. The van der Waals surface area contributed by atoms with Gasteiger partial charge in [0.1, 0.15) is 0 Å². The van der Waals surface area contributed by atoms with Crippen LogP contribution >= 0.6 is 27.3 Å². The lowest BCUT2D eigenvalue weighted by atomic mass is 10.3. The van der Waals surface area contributed by atoms with E-state index in [-0.39, 0.29) is 11.9 Å². The summed E-state index contributed by atoms with van der Waals surface area (Å²) in [7, 11) is -3.24. The predicted octanol–water partition coefficient (Wildman–Crippen LogP) is 2.11. The summed E-state index contributed by atoms with van der Waals surface area (Å²) in [5, 5.41) is 0. The van der Waals surface area contributed by atoms with Gasteiger partial charge in [-0.15, -0.1) is 11.3 Å². The van der Waals surface area contributed by atoms with Gasteiger partial charge in [0.2, 0.25) is 10.0 Å². The average Bonchev–Trinajstić information content (AvgIpc) is 2.86. The van der Waals surface area contributed by atoms with Crippen molar-refractivity contribution < 1.29 is 13.2 Å². The lowest BCUT2D eigenvalue weighted by Gasteiger charge is -2.10. The number of hydrogen-bond donors (Lipinski definition) is 1. The van der Waals surface area contributed by atoms with Crippen molar-refractivity contribution in [1.29, 1.82) is 0 Å². The van der Waals surface area contributed by atoms with Gasteiger partial charge in [-0.05, 0) is 40.9 Å². The van der Waals surface area contributed by atoms with Gasteiger partial charge in [0.05, 0.1) is 15.6 Å². The molecule has 17 heavy (non-hydrogen) atoms. The fourth-order valence-electron chi connectivity index (χ4n) is 1.71. The number of rotatable bonds is 5. The molecule has 4 nitrogen and oxygen atoms in total. The van der Waals surface area contributed by atoms with Crippen LogP contribution in [0.25, 0.3) is 0 Å². The highest BCUT2D eigenvalue weighted by atomic mass is 79.9. The zero-order valence-corrected chi connectivity index (χ0v) is 12.4. The number of sulfonamides is 1. The Labute approximate surface area is 114 Å². The Kier molecular flexibility index (Phi) is 4.59. The summed E-state index contributed by atoms with van der Waals surface area (Å²) in [4.78, 5) is 0.993. The van der Waals surface area contributed by atoms with Gasteiger partial charge in [-0.3, -0.25) is 0 Å². The molecule has 0 bridgehead atoms. The van der Waals surface area contributed by atoms with Crippen molar-refractivity contribution in [3.63, 3.8) is 0 Å².